The molecule has 112 valence electrons. The number of amides is 1. The maximum Gasteiger partial charge on any atom is 0.240 e. The van der Waals surface area contributed by atoms with E-state index in [-0.39, 0.29) is 23.8 Å². The molecule has 0 heterocycles. The highest BCUT2D eigenvalue weighted by atomic mass is 79.9. The number of hydrogen-bond donors (Lipinski definition) is 1. The second-order valence-corrected chi connectivity index (χ2v) is 6.85. The van der Waals surface area contributed by atoms with E-state index in [1.165, 1.54) is 12.1 Å². The van der Waals surface area contributed by atoms with E-state index in [1.807, 2.05) is 13.8 Å². The van der Waals surface area contributed by atoms with Gasteiger partial charge in [-0.05, 0) is 32.0 Å². The minimum absolute atomic E-state index is 0.0491. The first-order valence-corrected chi connectivity index (χ1v) is 8.71. The Hall–Kier alpha value is -0.920. The van der Waals surface area contributed by atoms with Gasteiger partial charge in [0.2, 0.25) is 15.9 Å². The molecule has 20 heavy (non-hydrogen) atoms. The van der Waals surface area contributed by atoms with Crippen molar-refractivity contribution < 1.29 is 13.2 Å². The summed E-state index contributed by atoms with van der Waals surface area (Å²) in [6.07, 6.45) is 0.162. The summed E-state index contributed by atoms with van der Waals surface area (Å²) in [5.41, 5.74) is 0. The van der Waals surface area contributed by atoms with E-state index in [9.17, 15) is 13.2 Å². The molecule has 7 heteroatoms. The molecule has 0 unspecified atom stereocenters. The van der Waals surface area contributed by atoms with Crippen LogP contribution in [0.4, 0.5) is 0 Å². The Morgan fingerprint density at radius 2 is 1.95 bits per heavy atom. The molecule has 0 fully saturated rings. The fourth-order valence-corrected chi connectivity index (χ4v) is 3.37. The van der Waals surface area contributed by atoms with Gasteiger partial charge in [0, 0.05) is 30.5 Å². The van der Waals surface area contributed by atoms with Gasteiger partial charge in [-0.3, -0.25) is 4.79 Å². The SMILES string of the molecule is CCN(CC)C(=O)CCNS(=O)(=O)c1cccc(Br)c1. The van der Waals surface area contributed by atoms with Crippen molar-refractivity contribution in [3.63, 3.8) is 0 Å². The number of carbonyl (C=O) groups is 1. The fraction of sp³-hybridized carbons (Fsp3) is 0.462. The summed E-state index contributed by atoms with van der Waals surface area (Å²) in [6.45, 7) is 5.16. The number of halogens is 1. The predicted octanol–water partition coefficient (Wildman–Crippen LogP) is 1.99. The van der Waals surface area contributed by atoms with E-state index in [2.05, 4.69) is 20.7 Å². The molecule has 0 saturated carbocycles. The largest absolute Gasteiger partial charge is 0.343 e. The highest BCUT2D eigenvalue weighted by Gasteiger charge is 2.15. The van der Waals surface area contributed by atoms with Crippen LogP contribution < -0.4 is 4.72 Å². The van der Waals surface area contributed by atoms with Crippen molar-refractivity contribution in [3.8, 4) is 0 Å². The first kappa shape index (κ1) is 17.1. The fourth-order valence-electron chi connectivity index (χ4n) is 1.74. The number of nitrogens with one attached hydrogen (secondary N) is 1. The van der Waals surface area contributed by atoms with Crippen molar-refractivity contribution in [3.05, 3.63) is 28.7 Å². The van der Waals surface area contributed by atoms with Crippen molar-refractivity contribution in [2.75, 3.05) is 19.6 Å². The Balaban J connectivity index is 2.59. The highest BCUT2D eigenvalue weighted by molar-refractivity contribution is 9.10. The third kappa shape index (κ3) is 4.88. The molecule has 0 aliphatic heterocycles. The zero-order valence-electron chi connectivity index (χ0n) is 11.6. The van der Waals surface area contributed by atoms with Crippen LogP contribution in [-0.2, 0) is 14.8 Å². The molecule has 0 aliphatic carbocycles. The van der Waals surface area contributed by atoms with Crippen LogP contribution in [-0.4, -0.2) is 38.9 Å². The van der Waals surface area contributed by atoms with Crippen molar-refractivity contribution in [1.29, 1.82) is 0 Å². The molecular weight excluding hydrogens is 344 g/mol. The first-order chi connectivity index (χ1) is 9.40. The number of carbonyl (C=O) groups excluding carboxylic acids is 1. The van der Waals surface area contributed by atoms with Crippen molar-refractivity contribution >= 4 is 31.9 Å². The summed E-state index contributed by atoms with van der Waals surface area (Å²) in [6, 6.07) is 6.44. The average Bonchev–Trinajstić information content (AvgIpc) is 2.40. The normalized spacial score (nSPS) is 11.3. The highest BCUT2D eigenvalue weighted by Crippen LogP contribution is 2.15. The molecule has 1 aromatic rings. The van der Waals surface area contributed by atoms with Crippen LogP contribution in [0.25, 0.3) is 0 Å². The van der Waals surface area contributed by atoms with Gasteiger partial charge >= 0.3 is 0 Å². The maximum absolute atomic E-state index is 12.0. The lowest BCUT2D eigenvalue weighted by Crippen LogP contribution is -2.34. The van der Waals surface area contributed by atoms with Crippen molar-refractivity contribution in [2.24, 2.45) is 0 Å². The number of benzene rings is 1. The van der Waals surface area contributed by atoms with E-state index in [4.69, 9.17) is 0 Å². The lowest BCUT2D eigenvalue weighted by molar-refractivity contribution is -0.130. The van der Waals surface area contributed by atoms with Gasteiger partial charge in [-0.2, -0.15) is 0 Å². The monoisotopic (exact) mass is 362 g/mol. The van der Waals surface area contributed by atoms with Gasteiger partial charge < -0.3 is 4.90 Å². The minimum Gasteiger partial charge on any atom is -0.343 e. The van der Waals surface area contributed by atoms with Gasteiger partial charge in [-0.15, -0.1) is 0 Å². The van der Waals surface area contributed by atoms with Crippen LogP contribution in [0.15, 0.2) is 33.6 Å². The second-order valence-electron chi connectivity index (χ2n) is 4.17. The Kier molecular flexibility index (Phi) is 6.64. The molecule has 1 rings (SSSR count). The minimum atomic E-state index is -3.57. The Bertz CT molecular complexity index is 556. The van der Waals surface area contributed by atoms with Gasteiger partial charge in [0.05, 0.1) is 4.90 Å². The van der Waals surface area contributed by atoms with Crippen LogP contribution in [0.1, 0.15) is 20.3 Å². The van der Waals surface area contributed by atoms with Crippen molar-refractivity contribution in [2.45, 2.75) is 25.2 Å². The van der Waals surface area contributed by atoms with Gasteiger partial charge in [0.15, 0.2) is 0 Å². The Morgan fingerprint density at radius 1 is 1.30 bits per heavy atom. The predicted molar refractivity (Wildman–Crippen MR) is 81.9 cm³/mol. The Morgan fingerprint density at radius 3 is 2.50 bits per heavy atom. The maximum atomic E-state index is 12.0. The number of sulfonamides is 1. The summed E-state index contributed by atoms with van der Waals surface area (Å²) in [4.78, 5) is 13.6. The quantitative estimate of drug-likeness (QED) is 0.806. The average molecular weight is 363 g/mol. The van der Waals surface area contributed by atoms with Crippen LogP contribution in [0.3, 0.4) is 0 Å². The lowest BCUT2D eigenvalue weighted by Gasteiger charge is -2.18. The smallest absolute Gasteiger partial charge is 0.240 e. The zero-order chi connectivity index (χ0) is 15.2. The van der Waals surface area contributed by atoms with E-state index < -0.39 is 10.0 Å². The summed E-state index contributed by atoms with van der Waals surface area (Å²) in [5.74, 6) is -0.0491. The summed E-state index contributed by atoms with van der Waals surface area (Å²) >= 11 is 3.23. The molecule has 1 amide bonds. The van der Waals surface area contributed by atoms with Gasteiger partial charge in [0.25, 0.3) is 0 Å². The topological polar surface area (TPSA) is 66.5 Å². The molecule has 0 aliphatic rings. The third-order valence-electron chi connectivity index (χ3n) is 2.85. The standard InChI is InChI=1S/C13H19BrN2O3S/c1-3-16(4-2)13(17)8-9-15-20(18,19)12-7-5-6-11(14)10-12/h5-7,10,15H,3-4,8-9H2,1-2H3. The molecule has 0 aromatic heterocycles. The molecule has 1 aromatic carbocycles. The van der Waals surface area contributed by atoms with Gasteiger partial charge in [0.1, 0.15) is 0 Å². The second kappa shape index (κ2) is 7.75. The summed E-state index contributed by atoms with van der Waals surface area (Å²) in [7, 11) is -3.57. The molecule has 0 atom stereocenters. The zero-order valence-corrected chi connectivity index (χ0v) is 14.0. The number of nitrogens with zero attached hydrogens (tertiary/aromatic N) is 1. The molecule has 0 saturated heterocycles. The molecular formula is C13H19BrN2O3S. The van der Waals surface area contributed by atoms with E-state index >= 15 is 0 Å². The van der Waals surface area contributed by atoms with Crippen LogP contribution in [0.2, 0.25) is 0 Å². The summed E-state index contributed by atoms with van der Waals surface area (Å²) in [5, 5.41) is 0. The number of rotatable bonds is 7. The van der Waals surface area contributed by atoms with Gasteiger partial charge in [-0.25, -0.2) is 13.1 Å². The lowest BCUT2D eigenvalue weighted by atomic mass is 10.3. The third-order valence-corrected chi connectivity index (χ3v) is 4.81. The van der Waals surface area contributed by atoms with Gasteiger partial charge in [-0.1, -0.05) is 22.0 Å². The van der Waals surface area contributed by atoms with Crippen LogP contribution in [0, 0.1) is 0 Å². The molecule has 1 N–H and O–H groups in total. The van der Waals surface area contributed by atoms with Crippen molar-refractivity contribution in [1.82, 2.24) is 9.62 Å². The van der Waals surface area contributed by atoms with E-state index in [0.717, 1.165) is 0 Å². The van der Waals surface area contributed by atoms with Crippen LogP contribution >= 0.6 is 15.9 Å². The summed E-state index contributed by atoms with van der Waals surface area (Å²) < 4.78 is 27.2. The number of hydrogen-bond acceptors (Lipinski definition) is 3. The van der Waals surface area contributed by atoms with Crippen LogP contribution in [0.5, 0.6) is 0 Å². The Labute approximate surface area is 128 Å². The molecule has 0 bridgehead atoms. The molecule has 5 nitrogen and oxygen atoms in total. The molecule has 0 spiro atoms. The first-order valence-electron chi connectivity index (χ1n) is 6.43. The van der Waals surface area contributed by atoms with E-state index in [1.54, 1.807) is 17.0 Å². The molecule has 0 radical (unpaired) electrons. The van der Waals surface area contributed by atoms with E-state index in [0.29, 0.717) is 17.6 Å².